The number of benzene rings is 4. The number of nitrogens with zero attached hydrogens (tertiary/aromatic N) is 5. The number of aryl methyl sites for hydroxylation is 2. The van der Waals surface area contributed by atoms with Gasteiger partial charge in [-0.25, -0.2) is 4.79 Å². The van der Waals surface area contributed by atoms with Gasteiger partial charge in [-0.2, -0.15) is 0 Å². The molecule has 400 valence electrons. The summed E-state index contributed by atoms with van der Waals surface area (Å²) in [7, 11) is 3.29. The predicted octanol–water partition coefficient (Wildman–Crippen LogP) is 8.34. The zero-order valence-corrected chi connectivity index (χ0v) is 44.8. The van der Waals surface area contributed by atoms with Gasteiger partial charge >= 0.3 is 6.09 Å². The fraction of sp³-hybridized carbons (Fsp3) is 0.475. The van der Waals surface area contributed by atoms with Crippen LogP contribution in [0.1, 0.15) is 68.7 Å². The Hall–Kier alpha value is -6.75. The molecule has 0 bridgehead atoms. The van der Waals surface area contributed by atoms with Crippen LogP contribution >= 0.6 is 0 Å². The van der Waals surface area contributed by atoms with Gasteiger partial charge in [0.05, 0.1) is 25.3 Å². The minimum Gasteiger partial charge on any atom is -0.497 e. The van der Waals surface area contributed by atoms with Crippen LogP contribution in [0, 0.1) is 13.8 Å². The highest BCUT2D eigenvalue weighted by Crippen LogP contribution is 2.33. The molecule has 16 heteroatoms. The van der Waals surface area contributed by atoms with Crippen molar-refractivity contribution in [2.75, 3.05) is 79.9 Å². The van der Waals surface area contributed by atoms with Crippen molar-refractivity contribution < 1.29 is 38.0 Å². The lowest BCUT2D eigenvalue weighted by molar-refractivity contribution is 0.00562. The Labute approximate surface area is 439 Å². The van der Waals surface area contributed by atoms with E-state index < -0.39 is 5.60 Å². The molecule has 0 atom stereocenters. The summed E-state index contributed by atoms with van der Waals surface area (Å²) in [5.74, 6) is 4.63. The van der Waals surface area contributed by atoms with Gasteiger partial charge in [0.2, 0.25) is 0 Å². The van der Waals surface area contributed by atoms with Crippen LogP contribution in [-0.2, 0) is 30.9 Å². The second-order valence-corrected chi connectivity index (χ2v) is 21.0. The number of rotatable bonds is 14. The number of piperidine rings is 2. The van der Waals surface area contributed by atoms with E-state index in [1.165, 1.54) is 5.56 Å². The summed E-state index contributed by atoms with van der Waals surface area (Å²) in [6.45, 7) is 19.8. The summed E-state index contributed by atoms with van der Waals surface area (Å²) in [5.41, 5.74) is 5.45. The average molecular weight is 1030 g/mol. The Bertz CT molecular complexity index is 3080. The van der Waals surface area contributed by atoms with Crippen LogP contribution in [-0.4, -0.2) is 128 Å². The monoisotopic (exact) mass is 1030 g/mol. The number of hydrogen-bond donors (Lipinski definition) is 1. The number of nitrogens with one attached hydrogen (secondary N) is 1. The maximum atomic E-state index is 13.4. The van der Waals surface area contributed by atoms with E-state index in [4.69, 9.17) is 33.2 Å². The smallest absolute Gasteiger partial charge is 0.410 e. The number of fused-ring (bicyclic) bond motifs is 4. The number of pyridine rings is 2. The maximum absolute atomic E-state index is 13.4. The first-order valence-electron chi connectivity index (χ1n) is 26.5. The molecular weight excluding hydrogens is 953 g/mol. The standard InChI is InChI=1S/C32H41N3O6.C27H33N3O4/c1-22-18-30(36)34(27-20-25(38-5)7-8-26(22)27)15-14-33-12-10-24(11-13-33)35(31(37)41-32(2,3)4)21-23-6-9-28-29(19-23)40-17-16-39-28;1-19-15-27(31)30(24-17-22(32-2)4-5-23(19)24)12-11-29-9-7-21(8-10-29)28-18-20-3-6-25-26(16-20)34-14-13-33-25/h6-9,18-20,24H,10-17,21H2,1-5H3;3-6,15-17,21,28H,7-14,18H2,1-2H3. The third kappa shape index (κ3) is 13.2. The molecule has 6 heterocycles. The van der Waals surface area contributed by atoms with Crippen LogP contribution in [0.5, 0.6) is 34.5 Å². The molecule has 1 N–H and O–H groups in total. The molecule has 16 nitrogen and oxygen atoms in total. The largest absolute Gasteiger partial charge is 0.497 e. The van der Waals surface area contributed by atoms with E-state index in [-0.39, 0.29) is 23.3 Å². The highest BCUT2D eigenvalue weighted by Gasteiger charge is 2.32. The Balaban J connectivity index is 0.000000187. The fourth-order valence-corrected chi connectivity index (χ4v) is 10.6. The molecule has 2 fully saturated rings. The molecule has 6 aromatic rings. The van der Waals surface area contributed by atoms with Gasteiger partial charge in [0.1, 0.15) is 43.5 Å². The van der Waals surface area contributed by atoms with Gasteiger partial charge in [-0.3, -0.25) is 9.59 Å². The molecule has 2 aromatic heterocycles. The molecule has 4 aliphatic rings. The number of hydrogen-bond acceptors (Lipinski definition) is 13. The topological polar surface area (TPSA) is 147 Å². The van der Waals surface area contributed by atoms with Gasteiger partial charge in [0.15, 0.2) is 23.0 Å². The van der Waals surface area contributed by atoms with E-state index in [0.29, 0.717) is 57.9 Å². The molecule has 0 saturated carbocycles. The van der Waals surface area contributed by atoms with E-state index in [0.717, 1.165) is 139 Å². The molecule has 0 spiro atoms. The lowest BCUT2D eigenvalue weighted by Crippen LogP contribution is -2.49. The minimum atomic E-state index is -0.588. The van der Waals surface area contributed by atoms with E-state index in [2.05, 4.69) is 27.2 Å². The minimum absolute atomic E-state index is 0.00586. The first-order valence-corrected chi connectivity index (χ1v) is 26.5. The van der Waals surface area contributed by atoms with E-state index in [1.54, 1.807) is 26.4 Å². The van der Waals surface area contributed by atoms with Crippen molar-refractivity contribution in [2.24, 2.45) is 0 Å². The molecule has 75 heavy (non-hydrogen) atoms. The van der Waals surface area contributed by atoms with Gasteiger partial charge < -0.3 is 62.3 Å². The van der Waals surface area contributed by atoms with E-state index >= 15 is 0 Å². The zero-order valence-electron chi connectivity index (χ0n) is 44.8. The van der Waals surface area contributed by atoms with Crippen LogP contribution in [0.3, 0.4) is 0 Å². The van der Waals surface area contributed by atoms with Crippen molar-refractivity contribution in [1.82, 2.24) is 29.2 Å². The molecule has 4 aliphatic heterocycles. The van der Waals surface area contributed by atoms with E-state index in [1.807, 2.05) is 109 Å². The van der Waals surface area contributed by atoms with Gasteiger partial charge in [-0.15, -0.1) is 0 Å². The second kappa shape index (κ2) is 23.8. The molecule has 4 aromatic carbocycles. The number of amides is 1. The van der Waals surface area contributed by atoms with Gasteiger partial charge in [-0.1, -0.05) is 12.1 Å². The third-order valence-corrected chi connectivity index (χ3v) is 14.7. The number of aromatic nitrogens is 2. The quantitative estimate of drug-likeness (QED) is 0.112. The lowest BCUT2D eigenvalue weighted by atomic mass is 10.0. The van der Waals surface area contributed by atoms with Crippen molar-refractivity contribution in [3.63, 3.8) is 0 Å². The fourth-order valence-electron chi connectivity index (χ4n) is 10.6. The molecule has 0 aliphatic carbocycles. The van der Waals surface area contributed by atoms with Crippen molar-refractivity contribution in [1.29, 1.82) is 0 Å². The SMILES string of the molecule is COc1ccc2c(C)cc(=O)n(CCN3CCC(N(Cc4ccc5c(c4)OCCO5)C(=O)OC(C)(C)C)CC3)c2c1.COc1ccc2c(C)cc(=O)n(CCN3CCC(NCc4ccc5c(c4)OCCO5)CC3)c2c1. The molecule has 10 rings (SSSR count). The number of ether oxygens (including phenoxy) is 7. The summed E-state index contributed by atoms with van der Waals surface area (Å²) in [5, 5.41) is 5.85. The zero-order chi connectivity index (χ0) is 52.6. The third-order valence-electron chi connectivity index (χ3n) is 14.7. The van der Waals surface area contributed by atoms with Crippen LogP contribution < -0.4 is 44.9 Å². The highest BCUT2D eigenvalue weighted by molar-refractivity contribution is 5.84. The van der Waals surface area contributed by atoms with Crippen LogP contribution in [0.4, 0.5) is 4.79 Å². The molecule has 2 saturated heterocycles. The average Bonchev–Trinajstić information content (AvgIpc) is 3.42. The first-order chi connectivity index (χ1) is 36.2. The number of carbonyl (C=O) groups excluding carboxylic acids is 1. The summed E-state index contributed by atoms with van der Waals surface area (Å²) >= 11 is 0. The number of carbonyl (C=O) groups is 1. The summed E-state index contributed by atoms with van der Waals surface area (Å²) in [4.78, 5) is 45.8. The van der Waals surface area contributed by atoms with Gasteiger partial charge in [0.25, 0.3) is 11.1 Å². The molecule has 0 unspecified atom stereocenters. The second-order valence-electron chi connectivity index (χ2n) is 21.0. The Kier molecular flexibility index (Phi) is 16.9. The van der Waals surface area contributed by atoms with E-state index in [9.17, 15) is 14.4 Å². The number of likely N-dealkylation sites (tertiary alicyclic amines) is 2. The van der Waals surface area contributed by atoms with Crippen LogP contribution in [0.2, 0.25) is 0 Å². The van der Waals surface area contributed by atoms with Gasteiger partial charge in [0, 0.05) is 99.5 Å². The number of methoxy groups -OCH3 is 2. The van der Waals surface area contributed by atoms with Crippen LogP contribution in [0.15, 0.2) is 94.5 Å². The summed E-state index contributed by atoms with van der Waals surface area (Å²) < 4.78 is 43.1. The summed E-state index contributed by atoms with van der Waals surface area (Å²) in [6, 6.07) is 27.9. The summed E-state index contributed by atoms with van der Waals surface area (Å²) in [6.07, 6.45) is 3.53. The molecular formula is C59H74N6O10. The normalized spacial score (nSPS) is 16.3. The Morgan fingerprint density at radius 1 is 0.600 bits per heavy atom. The first kappa shape index (κ1) is 53.1. The van der Waals surface area contributed by atoms with Crippen molar-refractivity contribution in [3.8, 4) is 34.5 Å². The molecule has 0 radical (unpaired) electrons. The lowest BCUT2D eigenvalue weighted by Gasteiger charge is -2.39. The molecule has 1 amide bonds. The highest BCUT2D eigenvalue weighted by atomic mass is 16.6. The van der Waals surface area contributed by atoms with Gasteiger partial charge in [-0.05, 0) is 144 Å². The predicted molar refractivity (Wildman–Crippen MR) is 291 cm³/mol. The Morgan fingerprint density at radius 2 is 1.07 bits per heavy atom. The van der Waals surface area contributed by atoms with Crippen molar-refractivity contribution >= 4 is 27.9 Å². The van der Waals surface area contributed by atoms with Crippen LogP contribution in [0.25, 0.3) is 21.8 Å². The van der Waals surface area contributed by atoms with Crippen molar-refractivity contribution in [2.45, 2.75) is 104 Å². The van der Waals surface area contributed by atoms with Crippen molar-refractivity contribution in [3.05, 3.63) is 128 Å². The Morgan fingerprint density at radius 3 is 1.56 bits per heavy atom. The maximum Gasteiger partial charge on any atom is 0.410 e.